The summed E-state index contributed by atoms with van der Waals surface area (Å²) in [6, 6.07) is 18.5. The van der Waals surface area contributed by atoms with Crippen LogP contribution < -0.4 is 10.2 Å². The first-order chi connectivity index (χ1) is 13.1. The maximum absolute atomic E-state index is 12.9. The summed E-state index contributed by atoms with van der Waals surface area (Å²) in [7, 11) is 0. The van der Waals surface area contributed by atoms with Gasteiger partial charge in [0.15, 0.2) is 0 Å². The zero-order valence-electron chi connectivity index (χ0n) is 15.0. The molecule has 0 radical (unpaired) electrons. The number of nitrogens with zero attached hydrogens (tertiary/aromatic N) is 2. The molecule has 2 heterocycles. The predicted octanol–water partition coefficient (Wildman–Crippen LogP) is 4.48. The van der Waals surface area contributed by atoms with Gasteiger partial charge in [0.1, 0.15) is 11.6 Å². The minimum Gasteiger partial charge on any atom is -0.337 e. The van der Waals surface area contributed by atoms with Crippen molar-refractivity contribution in [3.63, 3.8) is 0 Å². The number of anilines is 3. The largest absolute Gasteiger partial charge is 0.337 e. The van der Waals surface area contributed by atoms with Crippen molar-refractivity contribution in [2.75, 3.05) is 10.2 Å². The van der Waals surface area contributed by atoms with Gasteiger partial charge in [-0.3, -0.25) is 4.79 Å². The molecule has 1 atom stereocenters. The molecule has 3 aromatic rings. The van der Waals surface area contributed by atoms with E-state index in [1.54, 1.807) is 18.3 Å². The first-order valence-electron chi connectivity index (χ1n) is 8.97. The van der Waals surface area contributed by atoms with E-state index in [1.165, 1.54) is 23.4 Å². The van der Waals surface area contributed by atoms with Gasteiger partial charge in [-0.1, -0.05) is 30.3 Å². The Morgan fingerprint density at radius 1 is 1.15 bits per heavy atom. The van der Waals surface area contributed by atoms with E-state index in [9.17, 15) is 9.18 Å². The van der Waals surface area contributed by atoms with Crippen molar-refractivity contribution in [1.82, 2.24) is 4.98 Å². The summed E-state index contributed by atoms with van der Waals surface area (Å²) in [5.41, 5.74) is 4.30. The molecule has 0 bridgehead atoms. The van der Waals surface area contributed by atoms with Crippen molar-refractivity contribution in [2.24, 2.45) is 0 Å². The lowest BCUT2D eigenvalue weighted by molar-refractivity contribution is -0.115. The van der Waals surface area contributed by atoms with E-state index >= 15 is 0 Å². The number of carbonyl (C=O) groups excluding carboxylic acids is 1. The quantitative estimate of drug-likeness (QED) is 0.745. The van der Waals surface area contributed by atoms with Gasteiger partial charge in [-0.15, -0.1) is 0 Å². The number of fused-ring (bicyclic) bond motifs is 1. The molecule has 0 saturated heterocycles. The van der Waals surface area contributed by atoms with Gasteiger partial charge in [0.2, 0.25) is 5.91 Å². The van der Waals surface area contributed by atoms with E-state index in [0.717, 1.165) is 17.7 Å². The highest BCUT2D eigenvalue weighted by atomic mass is 19.1. The molecule has 0 saturated carbocycles. The highest BCUT2D eigenvalue weighted by molar-refractivity contribution is 5.91. The smallest absolute Gasteiger partial charge is 0.229 e. The number of benzene rings is 2. The summed E-state index contributed by atoms with van der Waals surface area (Å²) in [4.78, 5) is 18.8. The summed E-state index contributed by atoms with van der Waals surface area (Å²) in [6.07, 6.45) is 2.97. The average molecular weight is 361 g/mol. The minimum atomic E-state index is -0.311. The van der Waals surface area contributed by atoms with Crippen LogP contribution in [0, 0.1) is 5.82 Å². The Balaban J connectivity index is 1.45. The summed E-state index contributed by atoms with van der Waals surface area (Å²) in [5.74, 6) is 0.0156. The lowest BCUT2D eigenvalue weighted by Gasteiger charge is -2.24. The van der Waals surface area contributed by atoms with E-state index < -0.39 is 0 Å². The van der Waals surface area contributed by atoms with E-state index in [-0.39, 0.29) is 18.1 Å². The summed E-state index contributed by atoms with van der Waals surface area (Å²) < 4.78 is 12.9. The van der Waals surface area contributed by atoms with Crippen LogP contribution in [0.4, 0.5) is 21.6 Å². The second-order valence-electron chi connectivity index (χ2n) is 6.80. The number of carbonyl (C=O) groups is 1. The van der Waals surface area contributed by atoms with Crippen LogP contribution in [0.3, 0.4) is 0 Å². The number of hydrogen-bond acceptors (Lipinski definition) is 3. The van der Waals surface area contributed by atoms with Crippen molar-refractivity contribution in [3.05, 3.63) is 83.8 Å². The molecular weight excluding hydrogens is 341 g/mol. The van der Waals surface area contributed by atoms with Crippen molar-refractivity contribution in [3.8, 4) is 0 Å². The molecule has 5 heteroatoms. The van der Waals surface area contributed by atoms with Gasteiger partial charge in [-0.2, -0.15) is 0 Å². The lowest BCUT2D eigenvalue weighted by atomic mass is 10.1. The Bertz CT molecular complexity index is 954. The van der Waals surface area contributed by atoms with Gasteiger partial charge in [0.05, 0.1) is 18.3 Å². The number of aromatic nitrogens is 1. The Morgan fingerprint density at radius 3 is 2.67 bits per heavy atom. The first-order valence-corrected chi connectivity index (χ1v) is 8.97. The summed E-state index contributed by atoms with van der Waals surface area (Å²) in [5, 5.41) is 2.79. The molecule has 136 valence electrons. The summed E-state index contributed by atoms with van der Waals surface area (Å²) >= 11 is 0. The van der Waals surface area contributed by atoms with Gasteiger partial charge in [0, 0.05) is 11.7 Å². The molecule has 1 amide bonds. The van der Waals surface area contributed by atoms with Crippen molar-refractivity contribution < 1.29 is 9.18 Å². The second kappa shape index (κ2) is 7.19. The fraction of sp³-hybridized carbons (Fsp3) is 0.182. The van der Waals surface area contributed by atoms with E-state index in [2.05, 4.69) is 40.3 Å². The summed E-state index contributed by atoms with van der Waals surface area (Å²) in [6.45, 7) is 2.19. The number of para-hydroxylation sites is 1. The third-order valence-corrected chi connectivity index (χ3v) is 4.78. The average Bonchev–Trinajstić information content (AvgIpc) is 3.00. The molecular formula is C22H20FN3O. The molecule has 4 nitrogen and oxygen atoms in total. The SMILES string of the molecule is CC1Cc2ccccc2N1c1ccc(NC(=O)Cc2ccc(F)cc2)nc1. The molecule has 0 spiro atoms. The van der Waals surface area contributed by atoms with Gasteiger partial charge in [-0.05, 0) is 54.8 Å². The van der Waals surface area contributed by atoms with Gasteiger partial charge >= 0.3 is 0 Å². The van der Waals surface area contributed by atoms with Gasteiger partial charge < -0.3 is 10.2 Å². The van der Waals surface area contributed by atoms with Gasteiger partial charge in [-0.25, -0.2) is 9.37 Å². The van der Waals surface area contributed by atoms with Crippen molar-refractivity contribution in [2.45, 2.75) is 25.8 Å². The van der Waals surface area contributed by atoms with Crippen LogP contribution in [0.5, 0.6) is 0 Å². The zero-order chi connectivity index (χ0) is 18.8. The predicted molar refractivity (Wildman–Crippen MR) is 105 cm³/mol. The van der Waals surface area contributed by atoms with Gasteiger partial charge in [0.25, 0.3) is 0 Å². The molecule has 1 N–H and O–H groups in total. The second-order valence-corrected chi connectivity index (χ2v) is 6.80. The first kappa shape index (κ1) is 17.2. The van der Waals surface area contributed by atoms with Crippen molar-refractivity contribution >= 4 is 23.1 Å². The molecule has 4 rings (SSSR count). The van der Waals surface area contributed by atoms with Crippen LogP contribution in [0.15, 0.2) is 66.9 Å². The topological polar surface area (TPSA) is 45.2 Å². The van der Waals surface area contributed by atoms with Crippen molar-refractivity contribution in [1.29, 1.82) is 0 Å². The van der Waals surface area contributed by atoms with E-state index in [4.69, 9.17) is 0 Å². The number of nitrogens with one attached hydrogen (secondary N) is 1. The maximum atomic E-state index is 12.9. The molecule has 27 heavy (non-hydrogen) atoms. The van der Waals surface area contributed by atoms with Crippen LogP contribution >= 0.6 is 0 Å². The molecule has 1 aromatic heterocycles. The van der Waals surface area contributed by atoms with E-state index in [0.29, 0.717) is 11.9 Å². The fourth-order valence-corrected chi connectivity index (χ4v) is 3.54. The standard InChI is InChI=1S/C22H20FN3O/c1-15-12-17-4-2-3-5-20(17)26(15)19-10-11-21(24-14-19)25-22(27)13-16-6-8-18(23)9-7-16/h2-11,14-15H,12-13H2,1H3,(H,24,25,27). The Kier molecular flexibility index (Phi) is 4.59. The van der Waals surface area contributed by atoms with Crippen LogP contribution in [0.25, 0.3) is 0 Å². The van der Waals surface area contributed by atoms with Crippen LogP contribution in [0.1, 0.15) is 18.1 Å². The number of pyridine rings is 1. The Labute approximate surface area is 157 Å². The number of amides is 1. The minimum absolute atomic E-state index is 0.179. The molecule has 1 unspecified atom stereocenters. The molecule has 1 aliphatic heterocycles. The van der Waals surface area contributed by atoms with Crippen LogP contribution in [-0.4, -0.2) is 16.9 Å². The number of hydrogen-bond donors (Lipinski definition) is 1. The molecule has 1 aliphatic rings. The zero-order valence-corrected chi connectivity index (χ0v) is 15.0. The highest BCUT2D eigenvalue weighted by Gasteiger charge is 2.26. The Hall–Kier alpha value is -3.21. The molecule has 0 fully saturated rings. The molecule has 0 aliphatic carbocycles. The Morgan fingerprint density at radius 2 is 1.93 bits per heavy atom. The maximum Gasteiger partial charge on any atom is 0.229 e. The molecule has 2 aromatic carbocycles. The third-order valence-electron chi connectivity index (χ3n) is 4.78. The van der Waals surface area contributed by atoms with Crippen LogP contribution in [0.2, 0.25) is 0 Å². The third kappa shape index (κ3) is 3.67. The normalized spacial score (nSPS) is 15.5. The lowest BCUT2D eigenvalue weighted by Crippen LogP contribution is -2.24. The highest BCUT2D eigenvalue weighted by Crippen LogP contribution is 2.37. The number of halogens is 1. The van der Waals surface area contributed by atoms with Crippen LogP contribution in [-0.2, 0) is 17.6 Å². The van der Waals surface area contributed by atoms with E-state index in [1.807, 2.05) is 18.2 Å². The monoisotopic (exact) mass is 361 g/mol. The number of rotatable bonds is 4. The fourth-order valence-electron chi connectivity index (χ4n) is 3.54.